The zero-order chi connectivity index (χ0) is 16.2. The van der Waals surface area contributed by atoms with Crippen molar-refractivity contribution in [1.82, 2.24) is 4.90 Å². The maximum Gasteiger partial charge on any atom is 0.249 e. The summed E-state index contributed by atoms with van der Waals surface area (Å²) in [6.45, 7) is 3.39. The zero-order valence-electron chi connectivity index (χ0n) is 13.5. The molecule has 23 heavy (non-hydrogen) atoms. The van der Waals surface area contributed by atoms with E-state index >= 15 is 0 Å². The minimum absolute atomic E-state index is 0.0578. The second-order valence-corrected chi connectivity index (χ2v) is 6.27. The van der Waals surface area contributed by atoms with E-state index in [2.05, 4.69) is 0 Å². The van der Waals surface area contributed by atoms with Crippen LogP contribution in [0.15, 0.2) is 34.0 Å². The van der Waals surface area contributed by atoms with Crippen LogP contribution in [0.3, 0.4) is 0 Å². The summed E-state index contributed by atoms with van der Waals surface area (Å²) < 4.78 is 10.7. The van der Waals surface area contributed by atoms with Crippen molar-refractivity contribution in [3.63, 3.8) is 0 Å². The monoisotopic (exact) mass is 317 g/mol. The van der Waals surface area contributed by atoms with Gasteiger partial charge in [0.1, 0.15) is 0 Å². The third kappa shape index (κ3) is 3.55. The molecule has 1 saturated carbocycles. The Balaban J connectivity index is 1.72. The molecule has 2 aliphatic rings. The van der Waals surface area contributed by atoms with Crippen LogP contribution < -0.4 is 0 Å². The predicted molar refractivity (Wildman–Crippen MR) is 85.1 cm³/mol. The van der Waals surface area contributed by atoms with Gasteiger partial charge in [0.2, 0.25) is 5.91 Å². The Hall–Kier alpha value is -1.88. The molecule has 1 saturated heterocycles. The number of ketones is 1. The number of carbonyl (C=O) groups excluding carboxylic acids is 2. The van der Waals surface area contributed by atoms with Gasteiger partial charge in [-0.2, -0.15) is 0 Å². The van der Waals surface area contributed by atoms with E-state index in [4.69, 9.17) is 9.15 Å². The van der Waals surface area contributed by atoms with Gasteiger partial charge in [-0.15, -0.1) is 0 Å². The molecular weight excluding hydrogens is 294 g/mol. The predicted octanol–water partition coefficient (Wildman–Crippen LogP) is 2.97. The van der Waals surface area contributed by atoms with Gasteiger partial charge in [0.05, 0.1) is 25.5 Å². The third-order valence-electron chi connectivity index (χ3n) is 4.76. The average molecular weight is 317 g/mol. The summed E-state index contributed by atoms with van der Waals surface area (Å²) >= 11 is 0. The van der Waals surface area contributed by atoms with Crippen molar-refractivity contribution in [2.75, 3.05) is 19.8 Å². The summed E-state index contributed by atoms with van der Waals surface area (Å²) in [5, 5.41) is 0. The highest BCUT2D eigenvalue weighted by molar-refractivity contribution is 5.96. The number of morpholine rings is 1. The summed E-state index contributed by atoms with van der Waals surface area (Å²) in [5.74, 6) is 0.311. The Morgan fingerprint density at radius 3 is 2.78 bits per heavy atom. The van der Waals surface area contributed by atoms with Gasteiger partial charge in [-0.3, -0.25) is 9.59 Å². The third-order valence-corrected chi connectivity index (χ3v) is 4.76. The Labute approximate surface area is 136 Å². The fraction of sp³-hybridized carbons (Fsp3) is 0.556. The van der Waals surface area contributed by atoms with E-state index in [0.717, 1.165) is 18.4 Å². The molecule has 1 atom stereocenters. The summed E-state index contributed by atoms with van der Waals surface area (Å²) in [6.07, 6.45) is 6.12. The highest BCUT2D eigenvalue weighted by Crippen LogP contribution is 2.28. The van der Waals surface area contributed by atoms with Gasteiger partial charge >= 0.3 is 0 Å². The number of rotatable bonds is 4. The molecule has 0 spiro atoms. The molecule has 2 heterocycles. The van der Waals surface area contributed by atoms with Crippen LogP contribution in [0.4, 0.5) is 0 Å². The fourth-order valence-corrected chi connectivity index (χ4v) is 3.39. The first kappa shape index (κ1) is 16.0. The SMILES string of the molecule is CC(C(=O)N1CCOC[C@H]1CC(=O)c1ccco1)=C1CCCC1. The minimum Gasteiger partial charge on any atom is -0.461 e. The maximum atomic E-state index is 12.8. The number of hydrogen-bond donors (Lipinski definition) is 0. The number of furan rings is 1. The molecule has 0 radical (unpaired) electrons. The number of allylic oxidation sites excluding steroid dienone is 1. The zero-order valence-corrected chi connectivity index (χ0v) is 13.5. The van der Waals surface area contributed by atoms with E-state index < -0.39 is 0 Å². The lowest BCUT2D eigenvalue weighted by atomic mass is 10.0. The van der Waals surface area contributed by atoms with Gasteiger partial charge in [-0.05, 0) is 44.7 Å². The number of Topliss-reactive ketones (excluding diaryl/α,β-unsaturated/α-hetero) is 1. The van der Waals surface area contributed by atoms with Crippen LogP contribution in [0.5, 0.6) is 0 Å². The van der Waals surface area contributed by atoms with Crippen LogP contribution in [-0.2, 0) is 9.53 Å². The van der Waals surface area contributed by atoms with Gasteiger partial charge in [0, 0.05) is 18.5 Å². The highest BCUT2D eigenvalue weighted by atomic mass is 16.5. The molecule has 0 N–H and O–H groups in total. The first-order valence-electron chi connectivity index (χ1n) is 8.31. The molecular formula is C18H23NO4. The summed E-state index contributed by atoms with van der Waals surface area (Å²) in [4.78, 5) is 26.9. The summed E-state index contributed by atoms with van der Waals surface area (Å²) in [7, 11) is 0. The lowest BCUT2D eigenvalue weighted by Gasteiger charge is -2.35. The van der Waals surface area contributed by atoms with E-state index in [1.165, 1.54) is 24.7 Å². The molecule has 1 aliphatic heterocycles. The highest BCUT2D eigenvalue weighted by Gasteiger charge is 2.31. The number of hydrogen-bond acceptors (Lipinski definition) is 4. The van der Waals surface area contributed by atoms with Gasteiger partial charge in [-0.25, -0.2) is 0 Å². The van der Waals surface area contributed by atoms with Gasteiger partial charge < -0.3 is 14.1 Å². The first-order valence-corrected chi connectivity index (χ1v) is 8.31. The molecule has 1 aromatic heterocycles. The quantitative estimate of drug-likeness (QED) is 0.633. The van der Waals surface area contributed by atoms with Crippen LogP contribution in [-0.4, -0.2) is 42.4 Å². The van der Waals surface area contributed by atoms with Crippen molar-refractivity contribution in [3.05, 3.63) is 35.3 Å². The van der Waals surface area contributed by atoms with Crippen LogP contribution in [0, 0.1) is 0 Å². The Bertz CT molecular complexity index is 595. The van der Waals surface area contributed by atoms with E-state index in [0.29, 0.717) is 25.5 Å². The standard InChI is InChI=1S/C18H23NO4/c1-13(14-5-2-3-6-14)18(21)19-8-10-22-12-15(19)11-16(20)17-7-4-9-23-17/h4,7,9,15H,2-3,5-6,8,10-12H2,1H3/t15-/m1/s1. The maximum absolute atomic E-state index is 12.8. The fourth-order valence-electron chi connectivity index (χ4n) is 3.39. The Kier molecular flexibility index (Phi) is 4.96. The summed E-state index contributed by atoms with van der Waals surface area (Å²) in [5.41, 5.74) is 2.14. The molecule has 5 heteroatoms. The van der Waals surface area contributed by atoms with Crippen molar-refractivity contribution in [2.45, 2.75) is 45.1 Å². The van der Waals surface area contributed by atoms with Gasteiger partial charge in [0.25, 0.3) is 0 Å². The normalized spacial score (nSPS) is 21.5. The van der Waals surface area contributed by atoms with E-state index in [1.54, 1.807) is 12.1 Å². The number of carbonyl (C=O) groups is 2. The Morgan fingerprint density at radius 1 is 1.30 bits per heavy atom. The molecule has 124 valence electrons. The molecule has 1 aromatic rings. The van der Waals surface area contributed by atoms with Gasteiger partial charge in [0.15, 0.2) is 11.5 Å². The van der Waals surface area contributed by atoms with E-state index in [9.17, 15) is 9.59 Å². The van der Waals surface area contributed by atoms with Crippen molar-refractivity contribution >= 4 is 11.7 Å². The minimum atomic E-state index is -0.217. The van der Waals surface area contributed by atoms with Crippen molar-refractivity contribution < 1.29 is 18.7 Å². The smallest absolute Gasteiger partial charge is 0.249 e. The molecule has 0 unspecified atom stereocenters. The molecule has 3 rings (SSSR count). The van der Waals surface area contributed by atoms with E-state index in [1.807, 2.05) is 11.8 Å². The molecule has 2 fully saturated rings. The second kappa shape index (κ2) is 7.13. The van der Waals surface area contributed by atoms with Gasteiger partial charge in [-0.1, -0.05) is 5.57 Å². The van der Waals surface area contributed by atoms with E-state index in [-0.39, 0.29) is 24.2 Å². The lowest BCUT2D eigenvalue weighted by molar-refractivity contribution is -0.135. The molecule has 1 aliphatic carbocycles. The van der Waals surface area contributed by atoms with Crippen LogP contribution in [0.1, 0.15) is 49.6 Å². The number of amides is 1. The molecule has 0 bridgehead atoms. The topological polar surface area (TPSA) is 59.8 Å². The van der Waals surface area contributed by atoms with Crippen molar-refractivity contribution in [1.29, 1.82) is 0 Å². The van der Waals surface area contributed by atoms with Crippen LogP contribution >= 0.6 is 0 Å². The van der Waals surface area contributed by atoms with Crippen LogP contribution in [0.25, 0.3) is 0 Å². The number of ether oxygens (including phenoxy) is 1. The summed E-state index contributed by atoms with van der Waals surface area (Å²) in [6, 6.07) is 3.14. The van der Waals surface area contributed by atoms with Crippen molar-refractivity contribution in [3.8, 4) is 0 Å². The molecule has 5 nitrogen and oxygen atoms in total. The second-order valence-electron chi connectivity index (χ2n) is 6.27. The average Bonchev–Trinajstić information content (AvgIpc) is 3.27. The molecule has 1 amide bonds. The Morgan fingerprint density at radius 2 is 2.09 bits per heavy atom. The lowest BCUT2D eigenvalue weighted by Crippen LogP contribution is -2.50. The number of nitrogens with zero attached hydrogens (tertiary/aromatic N) is 1. The van der Waals surface area contributed by atoms with Crippen molar-refractivity contribution in [2.24, 2.45) is 0 Å². The molecule has 0 aromatic carbocycles. The first-order chi connectivity index (χ1) is 11.2. The largest absolute Gasteiger partial charge is 0.461 e. The van der Waals surface area contributed by atoms with Crippen LogP contribution in [0.2, 0.25) is 0 Å².